The van der Waals surface area contributed by atoms with Crippen LogP contribution in [0.4, 0.5) is 0 Å². The molecule has 0 aromatic heterocycles. The van der Waals surface area contributed by atoms with Crippen LogP contribution in [0.3, 0.4) is 0 Å². The van der Waals surface area contributed by atoms with Gasteiger partial charge in [0.05, 0.1) is 4.90 Å². The van der Waals surface area contributed by atoms with E-state index in [1.165, 1.54) is 12.1 Å². The molecular weight excluding hydrogens is 320 g/mol. The maximum absolute atomic E-state index is 11.2. The van der Waals surface area contributed by atoms with Crippen LogP contribution in [0.1, 0.15) is 11.1 Å². The first kappa shape index (κ1) is 16.2. The van der Waals surface area contributed by atoms with Gasteiger partial charge in [-0.1, -0.05) is 78.9 Å². The molecule has 3 aromatic rings. The zero-order chi connectivity index (χ0) is 17.0. The van der Waals surface area contributed by atoms with Gasteiger partial charge in [-0.3, -0.25) is 4.55 Å². The summed E-state index contributed by atoms with van der Waals surface area (Å²) in [5.41, 5.74) is 3.94. The maximum Gasteiger partial charge on any atom is 0.294 e. The predicted molar refractivity (Wildman–Crippen MR) is 97.1 cm³/mol. The first-order valence-corrected chi connectivity index (χ1v) is 8.88. The summed E-state index contributed by atoms with van der Waals surface area (Å²) in [6.07, 6.45) is 3.77. The minimum Gasteiger partial charge on any atom is -0.282 e. The van der Waals surface area contributed by atoms with E-state index in [9.17, 15) is 8.42 Å². The molecule has 120 valence electrons. The lowest BCUT2D eigenvalue weighted by molar-refractivity contribution is 0.483. The van der Waals surface area contributed by atoms with Gasteiger partial charge < -0.3 is 0 Å². The molecule has 0 heterocycles. The molecule has 0 fully saturated rings. The summed E-state index contributed by atoms with van der Waals surface area (Å²) < 4.78 is 31.6. The Morgan fingerprint density at radius 3 is 2.21 bits per heavy atom. The van der Waals surface area contributed by atoms with Crippen molar-refractivity contribution in [1.82, 2.24) is 0 Å². The second-order valence-corrected chi connectivity index (χ2v) is 6.76. The topological polar surface area (TPSA) is 54.4 Å². The molecule has 0 bridgehead atoms. The average molecular weight is 336 g/mol. The van der Waals surface area contributed by atoms with E-state index < -0.39 is 10.1 Å². The standard InChI is InChI=1S/C20H16O3S/c21-24(22,23)19-11-6-7-16(15-19)13-14-18-10-4-5-12-20(18)17-8-2-1-3-9-17/h1-15H,(H,21,22,23). The maximum atomic E-state index is 11.2. The minimum atomic E-state index is -4.19. The number of hydrogen-bond donors (Lipinski definition) is 1. The molecule has 3 rings (SSSR count). The van der Waals surface area contributed by atoms with Crippen LogP contribution < -0.4 is 0 Å². The molecule has 24 heavy (non-hydrogen) atoms. The molecular formula is C20H16O3S. The number of rotatable bonds is 4. The summed E-state index contributed by atoms with van der Waals surface area (Å²) in [6, 6.07) is 24.2. The molecule has 0 unspecified atom stereocenters. The van der Waals surface area contributed by atoms with E-state index in [0.29, 0.717) is 5.56 Å². The summed E-state index contributed by atoms with van der Waals surface area (Å²) in [7, 11) is -4.19. The normalized spacial score (nSPS) is 11.7. The molecule has 0 radical (unpaired) electrons. The van der Waals surface area contributed by atoms with Crippen molar-refractivity contribution in [3.63, 3.8) is 0 Å². The lowest BCUT2D eigenvalue weighted by atomic mass is 9.99. The van der Waals surface area contributed by atoms with Gasteiger partial charge in [0.1, 0.15) is 0 Å². The quantitative estimate of drug-likeness (QED) is 0.551. The zero-order valence-electron chi connectivity index (χ0n) is 12.8. The van der Waals surface area contributed by atoms with E-state index in [4.69, 9.17) is 4.55 Å². The smallest absolute Gasteiger partial charge is 0.282 e. The van der Waals surface area contributed by atoms with Gasteiger partial charge in [-0.25, -0.2) is 0 Å². The number of hydrogen-bond acceptors (Lipinski definition) is 2. The Balaban J connectivity index is 1.97. The third-order valence-electron chi connectivity index (χ3n) is 3.66. The molecule has 0 spiro atoms. The van der Waals surface area contributed by atoms with Crippen LogP contribution in [0.2, 0.25) is 0 Å². The van der Waals surface area contributed by atoms with Crippen LogP contribution in [-0.2, 0) is 10.1 Å². The third kappa shape index (κ3) is 3.79. The molecule has 3 aromatic carbocycles. The SMILES string of the molecule is O=S(=O)(O)c1cccc(C=Cc2ccccc2-c2ccccc2)c1. The van der Waals surface area contributed by atoms with Gasteiger partial charge in [0, 0.05) is 0 Å². The van der Waals surface area contributed by atoms with Crippen molar-refractivity contribution >= 4 is 22.3 Å². The first-order valence-electron chi connectivity index (χ1n) is 7.44. The Labute approximate surface area is 141 Å². The fraction of sp³-hybridized carbons (Fsp3) is 0. The first-order chi connectivity index (χ1) is 11.5. The molecule has 0 aliphatic heterocycles. The Kier molecular flexibility index (Phi) is 4.60. The average Bonchev–Trinajstić information content (AvgIpc) is 2.60. The second kappa shape index (κ2) is 6.83. The van der Waals surface area contributed by atoms with Gasteiger partial charge >= 0.3 is 0 Å². The van der Waals surface area contributed by atoms with Crippen molar-refractivity contribution < 1.29 is 13.0 Å². The molecule has 0 aliphatic carbocycles. The van der Waals surface area contributed by atoms with Crippen molar-refractivity contribution in [1.29, 1.82) is 0 Å². The molecule has 1 N–H and O–H groups in total. The van der Waals surface area contributed by atoms with E-state index in [2.05, 4.69) is 0 Å². The fourth-order valence-electron chi connectivity index (χ4n) is 2.49. The van der Waals surface area contributed by atoms with Gasteiger partial charge in [-0.15, -0.1) is 0 Å². The van der Waals surface area contributed by atoms with Crippen molar-refractivity contribution in [2.24, 2.45) is 0 Å². The van der Waals surface area contributed by atoms with Crippen molar-refractivity contribution in [3.8, 4) is 11.1 Å². The Morgan fingerprint density at radius 1 is 0.750 bits per heavy atom. The van der Waals surface area contributed by atoms with Crippen molar-refractivity contribution in [2.45, 2.75) is 4.90 Å². The highest BCUT2D eigenvalue weighted by molar-refractivity contribution is 7.85. The molecule has 0 aliphatic rings. The lowest BCUT2D eigenvalue weighted by Gasteiger charge is -2.06. The number of benzene rings is 3. The van der Waals surface area contributed by atoms with E-state index >= 15 is 0 Å². The van der Waals surface area contributed by atoms with Gasteiger partial charge in [-0.05, 0) is 34.4 Å². The molecule has 4 heteroatoms. The largest absolute Gasteiger partial charge is 0.294 e. The van der Waals surface area contributed by atoms with Gasteiger partial charge in [0.25, 0.3) is 10.1 Å². The molecule has 0 saturated heterocycles. The highest BCUT2D eigenvalue weighted by Gasteiger charge is 2.08. The Bertz CT molecular complexity index is 975. The highest BCUT2D eigenvalue weighted by atomic mass is 32.2. The van der Waals surface area contributed by atoms with Gasteiger partial charge in [0.2, 0.25) is 0 Å². The molecule has 3 nitrogen and oxygen atoms in total. The molecule has 0 saturated carbocycles. The van der Waals surface area contributed by atoms with Crippen LogP contribution in [0.25, 0.3) is 23.3 Å². The van der Waals surface area contributed by atoms with Crippen molar-refractivity contribution in [2.75, 3.05) is 0 Å². The van der Waals surface area contributed by atoms with E-state index in [1.54, 1.807) is 12.1 Å². The van der Waals surface area contributed by atoms with Crippen LogP contribution in [0, 0.1) is 0 Å². The minimum absolute atomic E-state index is 0.110. The highest BCUT2D eigenvalue weighted by Crippen LogP contribution is 2.25. The summed E-state index contributed by atoms with van der Waals surface area (Å²) in [4.78, 5) is -0.110. The van der Waals surface area contributed by atoms with Crippen molar-refractivity contribution in [3.05, 3.63) is 90.0 Å². The van der Waals surface area contributed by atoms with Crippen LogP contribution >= 0.6 is 0 Å². The van der Waals surface area contributed by atoms with Crippen LogP contribution in [0.15, 0.2) is 83.8 Å². The predicted octanol–water partition coefficient (Wildman–Crippen LogP) is 4.77. The second-order valence-electron chi connectivity index (χ2n) is 5.33. The van der Waals surface area contributed by atoms with E-state index in [0.717, 1.165) is 16.7 Å². The van der Waals surface area contributed by atoms with E-state index in [-0.39, 0.29) is 4.90 Å². The summed E-state index contributed by atoms with van der Waals surface area (Å²) in [6.45, 7) is 0. The Morgan fingerprint density at radius 2 is 1.46 bits per heavy atom. The van der Waals surface area contributed by atoms with Crippen LogP contribution in [0.5, 0.6) is 0 Å². The monoisotopic (exact) mass is 336 g/mol. The van der Waals surface area contributed by atoms with Crippen LogP contribution in [-0.4, -0.2) is 13.0 Å². The molecule has 0 amide bonds. The lowest BCUT2D eigenvalue weighted by Crippen LogP contribution is -1.97. The zero-order valence-corrected chi connectivity index (χ0v) is 13.6. The van der Waals surface area contributed by atoms with Gasteiger partial charge in [0.15, 0.2) is 0 Å². The summed E-state index contributed by atoms with van der Waals surface area (Å²) in [5.74, 6) is 0. The summed E-state index contributed by atoms with van der Waals surface area (Å²) >= 11 is 0. The summed E-state index contributed by atoms with van der Waals surface area (Å²) in [5, 5.41) is 0. The third-order valence-corrected chi connectivity index (χ3v) is 4.51. The fourth-order valence-corrected chi connectivity index (χ4v) is 3.02. The van der Waals surface area contributed by atoms with E-state index in [1.807, 2.05) is 66.7 Å². The molecule has 0 atom stereocenters. The van der Waals surface area contributed by atoms with Gasteiger partial charge in [-0.2, -0.15) is 8.42 Å². The Hall–Kier alpha value is -2.69.